The van der Waals surface area contributed by atoms with Crippen LogP contribution in [0.2, 0.25) is 0 Å². The zero-order valence-electron chi connectivity index (χ0n) is 6.63. The van der Waals surface area contributed by atoms with Gasteiger partial charge in [0, 0.05) is 16.2 Å². The number of nitrogens with zero attached hydrogens (tertiary/aromatic N) is 2. The van der Waals surface area contributed by atoms with Crippen molar-refractivity contribution in [3.05, 3.63) is 21.7 Å². The minimum Gasteiger partial charge on any atom is -0.341 e. The van der Waals surface area contributed by atoms with Gasteiger partial charge in [-0.15, -0.1) is 0 Å². The molecule has 12 heavy (non-hydrogen) atoms. The molecule has 0 amide bonds. The van der Waals surface area contributed by atoms with Gasteiger partial charge < -0.3 is 4.98 Å². The molecule has 62 valence electrons. The molecule has 0 aromatic carbocycles. The van der Waals surface area contributed by atoms with Crippen LogP contribution < -0.4 is 0 Å². The molecular weight excluding hydrogens is 265 g/mol. The number of H-pyrrole nitrogens is 1. The van der Waals surface area contributed by atoms with E-state index in [0.29, 0.717) is 0 Å². The Morgan fingerprint density at radius 2 is 2.42 bits per heavy atom. The first-order valence-electron chi connectivity index (χ1n) is 3.79. The van der Waals surface area contributed by atoms with Crippen molar-refractivity contribution < 1.29 is 0 Å². The number of pyridine rings is 1. The minimum absolute atomic E-state index is 0.812. The number of halogens is 1. The second-order valence-corrected chi connectivity index (χ2v) is 3.81. The quantitative estimate of drug-likeness (QED) is 0.809. The van der Waals surface area contributed by atoms with E-state index >= 15 is 0 Å². The monoisotopic (exact) mass is 273 g/mol. The van der Waals surface area contributed by atoms with Gasteiger partial charge in [0.15, 0.2) is 5.65 Å². The molecule has 0 spiro atoms. The van der Waals surface area contributed by atoms with Crippen LogP contribution in [0.1, 0.15) is 12.7 Å². The first-order chi connectivity index (χ1) is 5.79. The molecule has 0 atom stereocenters. The Bertz CT molecular complexity index is 408. The Kier molecular flexibility index (Phi) is 2.00. The lowest BCUT2D eigenvalue weighted by Gasteiger charge is -1.87. The number of aromatic nitrogens is 3. The zero-order chi connectivity index (χ0) is 8.55. The van der Waals surface area contributed by atoms with E-state index in [-0.39, 0.29) is 0 Å². The maximum atomic E-state index is 4.30. The molecule has 1 N–H and O–H groups in total. The maximum absolute atomic E-state index is 4.30. The van der Waals surface area contributed by atoms with Crippen LogP contribution in [0.15, 0.2) is 12.3 Å². The van der Waals surface area contributed by atoms with Gasteiger partial charge in [-0.3, -0.25) is 0 Å². The third kappa shape index (κ3) is 1.31. The minimum atomic E-state index is 0.812. The summed E-state index contributed by atoms with van der Waals surface area (Å²) in [7, 11) is 0. The van der Waals surface area contributed by atoms with Gasteiger partial charge in [-0.2, -0.15) is 0 Å². The lowest BCUT2D eigenvalue weighted by atomic mass is 10.4. The van der Waals surface area contributed by atoms with Crippen molar-refractivity contribution in [1.29, 1.82) is 0 Å². The van der Waals surface area contributed by atoms with Crippen molar-refractivity contribution in [3.8, 4) is 0 Å². The summed E-state index contributed by atoms with van der Waals surface area (Å²) in [5.74, 6) is 1.000. The van der Waals surface area contributed by atoms with Crippen LogP contribution in [0.25, 0.3) is 11.2 Å². The maximum Gasteiger partial charge on any atom is 0.177 e. The van der Waals surface area contributed by atoms with E-state index in [9.17, 15) is 0 Å². The zero-order valence-corrected chi connectivity index (χ0v) is 8.79. The predicted molar refractivity (Wildman–Crippen MR) is 56.0 cm³/mol. The Hall–Kier alpha value is -0.650. The lowest BCUT2D eigenvalue weighted by Crippen LogP contribution is -1.80. The van der Waals surface area contributed by atoms with E-state index in [0.717, 1.165) is 27.0 Å². The summed E-state index contributed by atoms with van der Waals surface area (Å²) in [6, 6.07) is 2.05. The number of imidazole rings is 1. The van der Waals surface area contributed by atoms with E-state index in [4.69, 9.17) is 0 Å². The van der Waals surface area contributed by atoms with Crippen LogP contribution in [0, 0.1) is 3.57 Å². The lowest BCUT2D eigenvalue weighted by molar-refractivity contribution is 0.997. The van der Waals surface area contributed by atoms with Crippen LogP contribution in [0.4, 0.5) is 0 Å². The smallest absolute Gasteiger partial charge is 0.177 e. The molecule has 0 bridgehead atoms. The molecule has 2 heterocycles. The number of fused-ring (bicyclic) bond motifs is 1. The highest BCUT2D eigenvalue weighted by molar-refractivity contribution is 14.1. The highest BCUT2D eigenvalue weighted by Gasteiger charge is 2.01. The van der Waals surface area contributed by atoms with Crippen molar-refractivity contribution in [2.45, 2.75) is 13.3 Å². The standard InChI is InChI=1S/C8H8IN3/c1-2-7-11-6-3-5(9)4-10-8(6)12-7/h3-4H,2H2,1H3,(H,10,11,12). The van der Waals surface area contributed by atoms with Crippen LogP contribution in [-0.4, -0.2) is 15.0 Å². The van der Waals surface area contributed by atoms with Gasteiger partial charge >= 0.3 is 0 Å². The molecule has 0 unspecified atom stereocenters. The Morgan fingerprint density at radius 3 is 3.17 bits per heavy atom. The topological polar surface area (TPSA) is 41.6 Å². The van der Waals surface area contributed by atoms with E-state index in [2.05, 4.69) is 50.5 Å². The van der Waals surface area contributed by atoms with Crippen molar-refractivity contribution in [3.63, 3.8) is 0 Å². The number of nitrogens with one attached hydrogen (secondary N) is 1. The normalized spacial score (nSPS) is 10.8. The first kappa shape index (κ1) is 7.97. The number of aromatic amines is 1. The Labute approximate surface area is 83.8 Å². The largest absolute Gasteiger partial charge is 0.341 e. The first-order valence-corrected chi connectivity index (χ1v) is 4.87. The third-order valence-corrected chi connectivity index (χ3v) is 2.28. The van der Waals surface area contributed by atoms with Crippen molar-refractivity contribution in [1.82, 2.24) is 15.0 Å². The molecule has 0 saturated carbocycles. The van der Waals surface area contributed by atoms with Gasteiger partial charge in [-0.05, 0) is 28.7 Å². The van der Waals surface area contributed by atoms with Gasteiger partial charge in [0.2, 0.25) is 0 Å². The molecule has 2 aromatic rings. The number of rotatable bonds is 1. The van der Waals surface area contributed by atoms with Crippen LogP contribution in [0.5, 0.6) is 0 Å². The van der Waals surface area contributed by atoms with Crippen molar-refractivity contribution >= 4 is 33.8 Å². The van der Waals surface area contributed by atoms with Crippen LogP contribution in [-0.2, 0) is 6.42 Å². The summed E-state index contributed by atoms with van der Waals surface area (Å²) in [4.78, 5) is 11.7. The summed E-state index contributed by atoms with van der Waals surface area (Å²) in [6.07, 6.45) is 2.75. The number of aryl methyl sites for hydroxylation is 1. The van der Waals surface area contributed by atoms with Crippen molar-refractivity contribution in [2.24, 2.45) is 0 Å². The van der Waals surface area contributed by atoms with Gasteiger partial charge in [0.1, 0.15) is 5.82 Å². The Morgan fingerprint density at radius 1 is 1.58 bits per heavy atom. The second kappa shape index (κ2) is 3.01. The molecule has 0 saturated heterocycles. The molecule has 2 rings (SSSR count). The van der Waals surface area contributed by atoms with Crippen LogP contribution >= 0.6 is 22.6 Å². The average Bonchev–Trinajstić information content (AvgIpc) is 2.46. The van der Waals surface area contributed by atoms with Gasteiger partial charge in [0.25, 0.3) is 0 Å². The predicted octanol–water partition coefficient (Wildman–Crippen LogP) is 2.12. The molecule has 0 fully saturated rings. The summed E-state index contributed by atoms with van der Waals surface area (Å²) < 4.78 is 1.13. The fourth-order valence-corrected chi connectivity index (χ4v) is 1.54. The molecule has 4 heteroatoms. The Balaban J connectivity index is 2.67. The van der Waals surface area contributed by atoms with E-state index in [1.54, 1.807) is 0 Å². The third-order valence-electron chi connectivity index (χ3n) is 1.69. The van der Waals surface area contributed by atoms with E-state index < -0.39 is 0 Å². The average molecular weight is 273 g/mol. The molecule has 0 aliphatic rings. The molecule has 2 aromatic heterocycles. The van der Waals surface area contributed by atoms with Gasteiger partial charge in [-0.25, -0.2) is 9.97 Å². The molecule has 3 nitrogen and oxygen atoms in total. The second-order valence-electron chi connectivity index (χ2n) is 2.56. The summed E-state index contributed by atoms with van der Waals surface area (Å²) in [5, 5.41) is 0. The van der Waals surface area contributed by atoms with E-state index in [1.165, 1.54) is 0 Å². The molecule has 0 aliphatic carbocycles. The highest BCUT2D eigenvalue weighted by Crippen LogP contribution is 2.12. The van der Waals surface area contributed by atoms with Crippen LogP contribution in [0.3, 0.4) is 0 Å². The summed E-state index contributed by atoms with van der Waals surface area (Å²) in [6.45, 7) is 2.07. The summed E-state index contributed by atoms with van der Waals surface area (Å²) in [5.41, 5.74) is 1.84. The molecular formula is C8H8IN3. The molecule has 0 radical (unpaired) electrons. The number of hydrogen-bond donors (Lipinski definition) is 1. The summed E-state index contributed by atoms with van der Waals surface area (Å²) >= 11 is 2.24. The number of hydrogen-bond acceptors (Lipinski definition) is 2. The fourth-order valence-electron chi connectivity index (χ4n) is 1.09. The van der Waals surface area contributed by atoms with Crippen molar-refractivity contribution in [2.75, 3.05) is 0 Å². The highest BCUT2D eigenvalue weighted by atomic mass is 127. The SMILES string of the molecule is CCc1nc2ncc(I)cc2[nH]1. The van der Waals surface area contributed by atoms with E-state index in [1.807, 2.05) is 6.20 Å². The molecule has 0 aliphatic heterocycles. The van der Waals surface area contributed by atoms with Gasteiger partial charge in [-0.1, -0.05) is 6.92 Å². The van der Waals surface area contributed by atoms with Gasteiger partial charge in [0.05, 0.1) is 5.52 Å². The fraction of sp³-hybridized carbons (Fsp3) is 0.250.